The van der Waals surface area contributed by atoms with E-state index in [-0.39, 0.29) is 5.91 Å². The molecule has 0 aliphatic heterocycles. The predicted molar refractivity (Wildman–Crippen MR) is 85.5 cm³/mol. The fraction of sp³-hybridized carbons (Fsp3) is 0.0588. The molecule has 3 aromatic rings. The maximum Gasteiger partial charge on any atom is 0.272 e. The molecule has 2 aromatic heterocycles. The standard InChI is InChI=1S/C17H13N5O/c1-22-11-12(8-18)7-15(22)17(23)21-14-9-19-16(20-10-14)13-5-3-2-4-6-13/h2-7,9-11H,1H3,(H,21,23). The maximum absolute atomic E-state index is 12.2. The zero-order chi connectivity index (χ0) is 16.2. The fourth-order valence-corrected chi connectivity index (χ4v) is 2.18. The number of benzene rings is 1. The minimum Gasteiger partial charge on any atom is -0.345 e. The quantitative estimate of drug-likeness (QED) is 0.806. The van der Waals surface area contributed by atoms with E-state index in [1.807, 2.05) is 36.4 Å². The first-order valence-electron chi connectivity index (χ1n) is 6.92. The van der Waals surface area contributed by atoms with E-state index in [0.29, 0.717) is 22.8 Å². The summed E-state index contributed by atoms with van der Waals surface area (Å²) in [5, 5.41) is 11.6. The molecular weight excluding hydrogens is 290 g/mol. The average molecular weight is 303 g/mol. The zero-order valence-electron chi connectivity index (χ0n) is 12.4. The third kappa shape index (κ3) is 3.09. The number of hydrogen-bond acceptors (Lipinski definition) is 4. The Morgan fingerprint density at radius 2 is 1.91 bits per heavy atom. The van der Waals surface area contributed by atoms with Crippen molar-refractivity contribution in [3.8, 4) is 17.5 Å². The molecule has 0 radical (unpaired) electrons. The monoisotopic (exact) mass is 303 g/mol. The lowest BCUT2D eigenvalue weighted by molar-refractivity contribution is 0.101. The van der Waals surface area contributed by atoms with E-state index in [9.17, 15) is 4.79 Å². The molecule has 2 heterocycles. The van der Waals surface area contributed by atoms with Gasteiger partial charge >= 0.3 is 0 Å². The van der Waals surface area contributed by atoms with Crippen LogP contribution in [0.25, 0.3) is 11.4 Å². The molecule has 6 nitrogen and oxygen atoms in total. The third-order valence-corrected chi connectivity index (χ3v) is 3.31. The van der Waals surface area contributed by atoms with Gasteiger partial charge in [-0.1, -0.05) is 30.3 Å². The van der Waals surface area contributed by atoms with Gasteiger partial charge in [-0.3, -0.25) is 4.79 Å². The predicted octanol–water partition coefficient (Wildman–Crippen LogP) is 2.61. The second-order valence-corrected chi connectivity index (χ2v) is 4.95. The average Bonchev–Trinajstić information content (AvgIpc) is 2.97. The third-order valence-electron chi connectivity index (χ3n) is 3.31. The van der Waals surface area contributed by atoms with Crippen molar-refractivity contribution in [2.24, 2.45) is 7.05 Å². The van der Waals surface area contributed by atoms with Crippen molar-refractivity contribution in [3.05, 3.63) is 66.2 Å². The minimum atomic E-state index is -0.315. The number of amides is 1. The van der Waals surface area contributed by atoms with Crippen molar-refractivity contribution in [1.82, 2.24) is 14.5 Å². The maximum atomic E-state index is 12.2. The van der Waals surface area contributed by atoms with Crippen molar-refractivity contribution < 1.29 is 4.79 Å². The number of rotatable bonds is 3. The van der Waals surface area contributed by atoms with Gasteiger partial charge in [-0.15, -0.1) is 0 Å². The summed E-state index contributed by atoms with van der Waals surface area (Å²) >= 11 is 0. The fourth-order valence-electron chi connectivity index (χ4n) is 2.18. The van der Waals surface area contributed by atoms with Crippen molar-refractivity contribution >= 4 is 11.6 Å². The number of nitrogens with zero attached hydrogens (tertiary/aromatic N) is 4. The molecule has 0 fully saturated rings. The van der Waals surface area contributed by atoms with E-state index >= 15 is 0 Å². The van der Waals surface area contributed by atoms with Crippen LogP contribution in [0.4, 0.5) is 5.69 Å². The molecule has 1 aromatic carbocycles. The van der Waals surface area contributed by atoms with Gasteiger partial charge in [0.25, 0.3) is 5.91 Å². The van der Waals surface area contributed by atoms with Gasteiger partial charge in [-0.25, -0.2) is 9.97 Å². The Balaban J connectivity index is 1.77. The Kier molecular flexibility index (Phi) is 3.85. The van der Waals surface area contributed by atoms with Crippen LogP contribution in [0.15, 0.2) is 55.0 Å². The van der Waals surface area contributed by atoms with Gasteiger partial charge in [0.1, 0.15) is 11.8 Å². The second kappa shape index (κ2) is 6.12. The highest BCUT2D eigenvalue weighted by atomic mass is 16.1. The van der Waals surface area contributed by atoms with E-state index < -0.39 is 0 Å². The highest BCUT2D eigenvalue weighted by molar-refractivity contribution is 6.03. The molecule has 1 amide bonds. The molecule has 0 bridgehead atoms. The molecule has 0 saturated heterocycles. The van der Waals surface area contributed by atoms with Gasteiger partial charge < -0.3 is 9.88 Å². The lowest BCUT2D eigenvalue weighted by atomic mass is 10.2. The summed E-state index contributed by atoms with van der Waals surface area (Å²) < 4.78 is 1.60. The van der Waals surface area contributed by atoms with E-state index in [1.165, 1.54) is 6.07 Å². The minimum absolute atomic E-state index is 0.315. The topological polar surface area (TPSA) is 83.6 Å². The Bertz CT molecular complexity index is 876. The summed E-state index contributed by atoms with van der Waals surface area (Å²) in [5.74, 6) is 0.277. The van der Waals surface area contributed by atoms with Gasteiger partial charge in [0.15, 0.2) is 5.82 Å². The number of carbonyl (C=O) groups is 1. The molecule has 23 heavy (non-hydrogen) atoms. The van der Waals surface area contributed by atoms with Crippen LogP contribution in [0.3, 0.4) is 0 Å². The first-order valence-corrected chi connectivity index (χ1v) is 6.92. The first kappa shape index (κ1) is 14.5. The summed E-state index contributed by atoms with van der Waals surface area (Å²) in [5.41, 5.74) is 2.24. The molecule has 0 aliphatic rings. The lowest BCUT2D eigenvalue weighted by Gasteiger charge is -2.06. The summed E-state index contributed by atoms with van der Waals surface area (Å²) in [7, 11) is 1.71. The normalized spacial score (nSPS) is 10.1. The summed E-state index contributed by atoms with van der Waals surface area (Å²) in [4.78, 5) is 20.7. The van der Waals surface area contributed by atoms with E-state index in [1.54, 1.807) is 30.2 Å². The number of hydrogen-bond donors (Lipinski definition) is 1. The summed E-state index contributed by atoms with van der Waals surface area (Å²) in [6, 6.07) is 13.1. The van der Waals surface area contributed by atoms with Crippen LogP contribution in [-0.4, -0.2) is 20.4 Å². The second-order valence-electron chi connectivity index (χ2n) is 4.95. The molecule has 0 atom stereocenters. The van der Waals surface area contributed by atoms with Gasteiger partial charge in [-0.05, 0) is 6.07 Å². The van der Waals surface area contributed by atoms with Gasteiger partial charge in [-0.2, -0.15) is 5.26 Å². The van der Waals surface area contributed by atoms with Crippen LogP contribution >= 0.6 is 0 Å². The molecule has 0 unspecified atom stereocenters. The van der Waals surface area contributed by atoms with Crippen LogP contribution in [0.1, 0.15) is 16.1 Å². The highest BCUT2D eigenvalue weighted by Crippen LogP contribution is 2.15. The number of aromatic nitrogens is 3. The molecular formula is C17H13N5O. The first-order chi connectivity index (χ1) is 11.2. The summed E-state index contributed by atoms with van der Waals surface area (Å²) in [6.07, 6.45) is 4.71. The summed E-state index contributed by atoms with van der Waals surface area (Å²) in [6.45, 7) is 0. The lowest BCUT2D eigenvalue weighted by Crippen LogP contribution is -2.15. The Morgan fingerprint density at radius 1 is 1.22 bits per heavy atom. The van der Waals surface area contributed by atoms with Gasteiger partial charge in [0, 0.05) is 18.8 Å². The highest BCUT2D eigenvalue weighted by Gasteiger charge is 2.12. The zero-order valence-corrected chi connectivity index (χ0v) is 12.4. The number of nitrogens with one attached hydrogen (secondary N) is 1. The van der Waals surface area contributed by atoms with Gasteiger partial charge in [0.2, 0.25) is 0 Å². The number of carbonyl (C=O) groups excluding carboxylic acids is 1. The molecule has 0 saturated carbocycles. The molecule has 0 aliphatic carbocycles. The van der Waals surface area contributed by atoms with Crippen molar-refractivity contribution in [3.63, 3.8) is 0 Å². The van der Waals surface area contributed by atoms with E-state index in [4.69, 9.17) is 5.26 Å². The Hall–Kier alpha value is -3.46. The Labute approximate surface area is 133 Å². The Morgan fingerprint density at radius 3 is 2.52 bits per heavy atom. The smallest absolute Gasteiger partial charge is 0.272 e. The van der Waals surface area contributed by atoms with Crippen LogP contribution in [-0.2, 0) is 7.05 Å². The van der Waals surface area contributed by atoms with E-state index in [0.717, 1.165) is 5.56 Å². The van der Waals surface area contributed by atoms with Crippen LogP contribution in [0, 0.1) is 11.3 Å². The van der Waals surface area contributed by atoms with Crippen LogP contribution in [0.2, 0.25) is 0 Å². The SMILES string of the molecule is Cn1cc(C#N)cc1C(=O)Nc1cnc(-c2ccccc2)nc1. The number of nitriles is 1. The van der Waals surface area contributed by atoms with Crippen molar-refractivity contribution in [2.75, 3.05) is 5.32 Å². The van der Waals surface area contributed by atoms with E-state index in [2.05, 4.69) is 15.3 Å². The molecule has 3 rings (SSSR count). The molecule has 1 N–H and O–H groups in total. The van der Waals surface area contributed by atoms with Crippen LogP contribution < -0.4 is 5.32 Å². The van der Waals surface area contributed by atoms with Gasteiger partial charge in [0.05, 0.1) is 23.6 Å². The molecule has 112 valence electrons. The molecule has 0 spiro atoms. The number of anilines is 1. The largest absolute Gasteiger partial charge is 0.345 e. The van der Waals surface area contributed by atoms with Crippen molar-refractivity contribution in [2.45, 2.75) is 0 Å². The number of aryl methyl sites for hydroxylation is 1. The van der Waals surface area contributed by atoms with Crippen LogP contribution in [0.5, 0.6) is 0 Å². The molecule has 6 heteroatoms. The van der Waals surface area contributed by atoms with Crippen molar-refractivity contribution in [1.29, 1.82) is 5.26 Å².